The summed E-state index contributed by atoms with van der Waals surface area (Å²) in [5.74, 6) is 0. The highest BCUT2D eigenvalue weighted by Crippen LogP contribution is 2.17. The van der Waals surface area contributed by atoms with Gasteiger partial charge in [-0.3, -0.25) is 0 Å². The zero-order valence-electron chi connectivity index (χ0n) is 12.0. The third-order valence-corrected chi connectivity index (χ3v) is 3.21. The molecule has 0 aromatic carbocycles. The molecule has 0 aliphatic carbocycles. The highest BCUT2D eigenvalue weighted by Gasteiger charge is 1.97. The Bertz CT molecular complexity index is 226. The molecular weight excluding hydrogens is 192 g/mol. The number of allylic oxidation sites excluding steroid dienone is 4. The summed E-state index contributed by atoms with van der Waals surface area (Å²) < 4.78 is 0. The first kappa shape index (κ1) is 15.5. The van der Waals surface area contributed by atoms with Crippen LogP contribution in [-0.4, -0.2) is 0 Å². The van der Waals surface area contributed by atoms with Crippen LogP contribution in [0.25, 0.3) is 0 Å². The Kier molecular flexibility index (Phi) is 9.37. The Balaban J connectivity index is 3.81. The van der Waals surface area contributed by atoms with Crippen molar-refractivity contribution in [3.8, 4) is 0 Å². The molecule has 0 aliphatic heterocycles. The normalized spacial score (nSPS) is 12.3. The van der Waals surface area contributed by atoms with Gasteiger partial charge < -0.3 is 0 Å². The van der Waals surface area contributed by atoms with Gasteiger partial charge in [-0.1, -0.05) is 49.0 Å². The van der Waals surface area contributed by atoms with Crippen LogP contribution in [0.1, 0.15) is 79.6 Å². The number of rotatable bonds is 8. The first-order valence-electron chi connectivity index (χ1n) is 6.86. The zero-order chi connectivity index (χ0) is 12.4. The van der Waals surface area contributed by atoms with Crippen molar-refractivity contribution >= 4 is 0 Å². The molecular formula is C16H30. The Morgan fingerprint density at radius 3 is 2.00 bits per heavy atom. The molecule has 0 radical (unpaired) electrons. The van der Waals surface area contributed by atoms with E-state index in [1.54, 1.807) is 11.1 Å². The third-order valence-electron chi connectivity index (χ3n) is 3.21. The molecule has 0 spiro atoms. The minimum atomic E-state index is 1.21. The second-order valence-corrected chi connectivity index (χ2v) is 5.19. The van der Waals surface area contributed by atoms with Crippen LogP contribution in [0.5, 0.6) is 0 Å². The summed E-state index contributed by atoms with van der Waals surface area (Å²) in [4.78, 5) is 0. The fraction of sp³-hybridized carbons (Fsp3) is 0.750. The lowest BCUT2D eigenvalue weighted by Crippen LogP contribution is -1.86. The highest BCUT2D eigenvalue weighted by molar-refractivity contribution is 5.10. The van der Waals surface area contributed by atoms with Gasteiger partial charge in [-0.2, -0.15) is 0 Å². The van der Waals surface area contributed by atoms with E-state index in [0.717, 1.165) is 0 Å². The van der Waals surface area contributed by atoms with Crippen LogP contribution in [0.4, 0.5) is 0 Å². The van der Waals surface area contributed by atoms with Crippen LogP contribution in [-0.2, 0) is 0 Å². The van der Waals surface area contributed by atoms with Crippen LogP contribution in [0, 0.1) is 0 Å². The fourth-order valence-corrected chi connectivity index (χ4v) is 1.82. The van der Waals surface area contributed by atoms with Crippen LogP contribution in [0.2, 0.25) is 0 Å². The summed E-state index contributed by atoms with van der Waals surface area (Å²) in [6, 6.07) is 0. The highest BCUT2D eigenvalue weighted by atomic mass is 14.0. The van der Waals surface area contributed by atoms with Crippen molar-refractivity contribution in [3.05, 3.63) is 22.8 Å². The molecule has 0 nitrogen and oxygen atoms in total. The van der Waals surface area contributed by atoms with E-state index in [1.807, 2.05) is 0 Å². The molecule has 0 saturated heterocycles. The van der Waals surface area contributed by atoms with Crippen molar-refractivity contribution < 1.29 is 0 Å². The van der Waals surface area contributed by atoms with Gasteiger partial charge in [0.05, 0.1) is 0 Å². The van der Waals surface area contributed by atoms with E-state index in [1.165, 1.54) is 50.5 Å². The topological polar surface area (TPSA) is 0 Å². The smallest absolute Gasteiger partial charge is 0.0286 e. The average Bonchev–Trinajstić information content (AvgIpc) is 2.23. The molecule has 0 heteroatoms. The average molecular weight is 222 g/mol. The van der Waals surface area contributed by atoms with E-state index in [9.17, 15) is 0 Å². The van der Waals surface area contributed by atoms with Crippen molar-refractivity contribution in [2.75, 3.05) is 0 Å². The maximum absolute atomic E-state index is 2.34. The maximum atomic E-state index is 2.34. The van der Waals surface area contributed by atoms with Gasteiger partial charge in [0.1, 0.15) is 0 Å². The zero-order valence-corrected chi connectivity index (χ0v) is 12.0. The lowest BCUT2D eigenvalue weighted by molar-refractivity contribution is 0.660. The van der Waals surface area contributed by atoms with Gasteiger partial charge in [0.2, 0.25) is 0 Å². The molecule has 0 fully saturated rings. The van der Waals surface area contributed by atoms with E-state index in [-0.39, 0.29) is 0 Å². The predicted octanol–water partition coefficient (Wildman–Crippen LogP) is 6.04. The fourth-order valence-electron chi connectivity index (χ4n) is 1.82. The molecule has 94 valence electrons. The van der Waals surface area contributed by atoms with Crippen LogP contribution in [0.15, 0.2) is 22.8 Å². The molecule has 0 N–H and O–H groups in total. The van der Waals surface area contributed by atoms with Crippen LogP contribution >= 0.6 is 0 Å². The second kappa shape index (κ2) is 9.69. The van der Waals surface area contributed by atoms with Gasteiger partial charge in [0.15, 0.2) is 0 Å². The lowest BCUT2D eigenvalue weighted by atomic mass is 10.00. The molecule has 0 unspecified atom stereocenters. The van der Waals surface area contributed by atoms with Gasteiger partial charge in [-0.25, -0.2) is 0 Å². The summed E-state index contributed by atoms with van der Waals surface area (Å²) >= 11 is 0. The van der Waals surface area contributed by atoms with E-state index in [2.05, 4.69) is 40.7 Å². The molecule has 0 amide bonds. The van der Waals surface area contributed by atoms with E-state index in [0.29, 0.717) is 0 Å². The molecule has 0 aromatic rings. The van der Waals surface area contributed by atoms with E-state index < -0.39 is 0 Å². The molecule has 0 aromatic heterocycles. The maximum Gasteiger partial charge on any atom is -0.0286 e. The summed E-state index contributed by atoms with van der Waals surface area (Å²) in [6.07, 6.45) is 11.6. The Labute approximate surface area is 103 Å². The third kappa shape index (κ3) is 8.76. The van der Waals surface area contributed by atoms with Crippen molar-refractivity contribution in [2.24, 2.45) is 0 Å². The summed E-state index contributed by atoms with van der Waals surface area (Å²) in [5.41, 5.74) is 4.67. The van der Waals surface area contributed by atoms with Crippen molar-refractivity contribution in [3.63, 3.8) is 0 Å². The molecule has 0 bridgehead atoms. The molecule has 0 heterocycles. The molecule has 0 rings (SSSR count). The predicted molar refractivity (Wildman–Crippen MR) is 75.8 cm³/mol. The first-order chi connectivity index (χ1) is 7.57. The monoisotopic (exact) mass is 222 g/mol. The molecule has 16 heavy (non-hydrogen) atoms. The van der Waals surface area contributed by atoms with Crippen molar-refractivity contribution in [1.82, 2.24) is 0 Å². The SMILES string of the molecule is CCCCCCC(C)=C(C)CCC=C(C)C. The summed E-state index contributed by atoms with van der Waals surface area (Å²) in [5, 5.41) is 0. The molecule has 0 aliphatic rings. The Hall–Kier alpha value is -0.520. The van der Waals surface area contributed by atoms with Gasteiger partial charge in [0, 0.05) is 0 Å². The number of hydrogen-bond acceptors (Lipinski definition) is 0. The molecule has 0 atom stereocenters. The quantitative estimate of drug-likeness (QED) is 0.347. The van der Waals surface area contributed by atoms with E-state index in [4.69, 9.17) is 0 Å². The number of hydrogen-bond donors (Lipinski definition) is 0. The minimum Gasteiger partial charge on any atom is -0.0856 e. The Morgan fingerprint density at radius 2 is 1.44 bits per heavy atom. The minimum absolute atomic E-state index is 1.21. The van der Waals surface area contributed by atoms with Gasteiger partial charge in [-0.15, -0.1) is 0 Å². The second-order valence-electron chi connectivity index (χ2n) is 5.19. The van der Waals surface area contributed by atoms with Gasteiger partial charge in [0.25, 0.3) is 0 Å². The molecule has 0 saturated carbocycles. The summed E-state index contributed by atoms with van der Waals surface area (Å²) in [7, 11) is 0. The van der Waals surface area contributed by atoms with Crippen LogP contribution in [0.3, 0.4) is 0 Å². The lowest BCUT2D eigenvalue weighted by Gasteiger charge is -2.07. The van der Waals surface area contributed by atoms with Gasteiger partial charge >= 0.3 is 0 Å². The van der Waals surface area contributed by atoms with Crippen LogP contribution < -0.4 is 0 Å². The van der Waals surface area contributed by atoms with Crippen molar-refractivity contribution in [2.45, 2.75) is 79.6 Å². The first-order valence-corrected chi connectivity index (χ1v) is 6.86. The van der Waals surface area contributed by atoms with E-state index >= 15 is 0 Å². The largest absolute Gasteiger partial charge is 0.0856 e. The standard InChI is InChI=1S/C16H30/c1-6-7-8-9-12-15(4)16(5)13-10-11-14(2)3/h11H,6-10,12-13H2,1-5H3. The summed E-state index contributed by atoms with van der Waals surface area (Å²) in [6.45, 7) is 11.2. The Morgan fingerprint density at radius 1 is 0.812 bits per heavy atom. The van der Waals surface area contributed by atoms with Crippen molar-refractivity contribution in [1.29, 1.82) is 0 Å². The van der Waals surface area contributed by atoms with Gasteiger partial charge in [-0.05, 0) is 53.4 Å². The number of unbranched alkanes of at least 4 members (excludes halogenated alkanes) is 3.